The number of methoxy groups -OCH3 is 2. The van der Waals surface area contributed by atoms with E-state index in [4.69, 9.17) is 9.47 Å². The molecule has 0 aliphatic carbocycles. The fourth-order valence-corrected chi connectivity index (χ4v) is 3.91. The molecular formula is C24H32N2O4. The van der Waals surface area contributed by atoms with E-state index in [1.54, 1.807) is 20.3 Å². The van der Waals surface area contributed by atoms with Crippen LogP contribution in [0, 0.1) is 0 Å². The molecule has 2 aromatic rings. The molecule has 1 heterocycles. The normalized spacial score (nSPS) is 13.9. The number of phenols is 1. The maximum absolute atomic E-state index is 12.6. The highest BCUT2D eigenvalue weighted by molar-refractivity contribution is 5.96. The van der Waals surface area contributed by atoms with Gasteiger partial charge in [-0.3, -0.25) is 9.69 Å². The first-order valence-corrected chi connectivity index (χ1v) is 10.3. The third-order valence-electron chi connectivity index (χ3n) is 5.95. The molecule has 0 aromatic heterocycles. The minimum Gasteiger partial charge on any atom is -0.504 e. The fraction of sp³-hybridized carbons (Fsp3) is 0.458. The van der Waals surface area contributed by atoms with Crippen molar-refractivity contribution in [2.45, 2.75) is 45.3 Å². The minimum absolute atomic E-state index is 0.0419. The lowest BCUT2D eigenvalue weighted by atomic mass is 9.93. The van der Waals surface area contributed by atoms with E-state index in [-0.39, 0.29) is 17.2 Å². The van der Waals surface area contributed by atoms with Crippen molar-refractivity contribution in [1.29, 1.82) is 0 Å². The third-order valence-corrected chi connectivity index (χ3v) is 5.95. The Labute approximate surface area is 178 Å². The molecule has 0 fully saturated rings. The average molecular weight is 413 g/mol. The van der Waals surface area contributed by atoms with E-state index in [1.807, 2.05) is 24.3 Å². The van der Waals surface area contributed by atoms with Crippen LogP contribution in [0.5, 0.6) is 11.5 Å². The van der Waals surface area contributed by atoms with Gasteiger partial charge < -0.3 is 19.9 Å². The van der Waals surface area contributed by atoms with E-state index >= 15 is 0 Å². The summed E-state index contributed by atoms with van der Waals surface area (Å²) in [4.78, 5) is 15.0. The number of hydrogen-bond donors (Lipinski definition) is 2. The van der Waals surface area contributed by atoms with Crippen molar-refractivity contribution >= 4 is 5.91 Å². The minimum atomic E-state index is -0.0477. The standard InChI is InChI=1S/C24H32N2O4/c1-24(2,11-10-17-8-9-21(27)22(14-17)30-4)26-15-18-6-5-7-19(20(18)16-26)23(28)25-12-13-29-3/h5-9,14,27H,10-13,15-16H2,1-4H3,(H,25,28). The summed E-state index contributed by atoms with van der Waals surface area (Å²) >= 11 is 0. The predicted molar refractivity (Wildman–Crippen MR) is 117 cm³/mol. The van der Waals surface area contributed by atoms with Crippen LogP contribution in [0.2, 0.25) is 0 Å². The number of nitrogens with one attached hydrogen (secondary N) is 1. The molecule has 0 saturated heterocycles. The molecule has 30 heavy (non-hydrogen) atoms. The summed E-state index contributed by atoms with van der Waals surface area (Å²) in [5.74, 6) is 0.620. The van der Waals surface area contributed by atoms with Crippen molar-refractivity contribution in [3.05, 3.63) is 58.7 Å². The largest absolute Gasteiger partial charge is 0.504 e. The van der Waals surface area contributed by atoms with Crippen molar-refractivity contribution in [2.75, 3.05) is 27.4 Å². The monoisotopic (exact) mass is 412 g/mol. The molecule has 0 radical (unpaired) electrons. The molecule has 0 bridgehead atoms. The second-order valence-corrected chi connectivity index (χ2v) is 8.37. The topological polar surface area (TPSA) is 71.0 Å². The number of hydrogen-bond acceptors (Lipinski definition) is 5. The lowest BCUT2D eigenvalue weighted by molar-refractivity contribution is 0.0929. The molecule has 0 unspecified atom stereocenters. The first-order valence-electron chi connectivity index (χ1n) is 10.3. The molecule has 1 amide bonds. The van der Waals surface area contributed by atoms with Gasteiger partial charge in [-0.25, -0.2) is 0 Å². The van der Waals surface area contributed by atoms with Crippen LogP contribution in [0.1, 0.15) is 47.3 Å². The van der Waals surface area contributed by atoms with Crippen molar-refractivity contribution in [2.24, 2.45) is 0 Å². The average Bonchev–Trinajstić information content (AvgIpc) is 3.18. The molecule has 1 aliphatic heterocycles. The van der Waals surface area contributed by atoms with Gasteiger partial charge in [0.15, 0.2) is 11.5 Å². The van der Waals surface area contributed by atoms with E-state index < -0.39 is 0 Å². The van der Waals surface area contributed by atoms with Gasteiger partial charge in [-0.05, 0) is 61.6 Å². The van der Waals surface area contributed by atoms with Crippen molar-refractivity contribution in [1.82, 2.24) is 10.2 Å². The van der Waals surface area contributed by atoms with E-state index in [0.29, 0.717) is 18.9 Å². The van der Waals surface area contributed by atoms with Crippen LogP contribution in [-0.4, -0.2) is 48.8 Å². The van der Waals surface area contributed by atoms with Gasteiger partial charge in [-0.1, -0.05) is 18.2 Å². The Morgan fingerprint density at radius 3 is 2.73 bits per heavy atom. The Morgan fingerprint density at radius 1 is 1.20 bits per heavy atom. The number of phenolic OH excluding ortho intramolecular Hbond substituents is 1. The number of rotatable bonds is 9. The Hall–Kier alpha value is -2.57. The summed E-state index contributed by atoms with van der Waals surface area (Å²) in [6.45, 7) is 7.09. The van der Waals surface area contributed by atoms with Crippen LogP contribution < -0.4 is 10.1 Å². The number of carbonyl (C=O) groups excluding carboxylic acids is 1. The summed E-state index contributed by atoms with van der Waals surface area (Å²) in [7, 11) is 3.19. The molecule has 3 rings (SSSR count). The molecule has 6 heteroatoms. The maximum Gasteiger partial charge on any atom is 0.251 e. The van der Waals surface area contributed by atoms with Crippen LogP contribution >= 0.6 is 0 Å². The smallest absolute Gasteiger partial charge is 0.251 e. The molecule has 0 spiro atoms. The van der Waals surface area contributed by atoms with Crippen molar-refractivity contribution in [3.63, 3.8) is 0 Å². The molecule has 162 valence electrons. The van der Waals surface area contributed by atoms with Crippen LogP contribution in [0.3, 0.4) is 0 Å². The molecule has 6 nitrogen and oxygen atoms in total. The van der Waals surface area contributed by atoms with E-state index in [1.165, 1.54) is 5.56 Å². The van der Waals surface area contributed by atoms with Crippen molar-refractivity contribution < 1.29 is 19.4 Å². The SMILES string of the molecule is COCCNC(=O)c1cccc2c1CN(C(C)(C)CCc1ccc(O)c(OC)c1)C2. The summed E-state index contributed by atoms with van der Waals surface area (Å²) in [5.41, 5.74) is 4.17. The molecule has 2 aromatic carbocycles. The zero-order valence-electron chi connectivity index (χ0n) is 18.3. The zero-order valence-corrected chi connectivity index (χ0v) is 18.3. The van der Waals surface area contributed by atoms with E-state index in [2.05, 4.69) is 30.1 Å². The van der Waals surface area contributed by atoms with Crippen LogP contribution in [0.15, 0.2) is 36.4 Å². The predicted octanol–water partition coefficient (Wildman–Crippen LogP) is 3.50. The summed E-state index contributed by atoms with van der Waals surface area (Å²) in [5, 5.41) is 12.7. The van der Waals surface area contributed by atoms with Gasteiger partial charge in [-0.2, -0.15) is 0 Å². The number of ether oxygens (including phenoxy) is 2. The number of carbonyl (C=O) groups is 1. The first kappa shape index (κ1) is 22.1. The number of benzene rings is 2. The highest BCUT2D eigenvalue weighted by atomic mass is 16.5. The van der Waals surface area contributed by atoms with Gasteiger partial charge in [0.25, 0.3) is 5.91 Å². The highest BCUT2D eigenvalue weighted by Crippen LogP contribution is 2.34. The van der Waals surface area contributed by atoms with Gasteiger partial charge in [0.05, 0.1) is 13.7 Å². The van der Waals surface area contributed by atoms with Gasteiger partial charge in [0, 0.05) is 37.8 Å². The summed E-state index contributed by atoms with van der Waals surface area (Å²) < 4.78 is 10.2. The number of aryl methyl sites for hydroxylation is 1. The second kappa shape index (κ2) is 9.49. The Balaban J connectivity index is 1.67. The third kappa shape index (κ3) is 4.94. The molecular weight excluding hydrogens is 380 g/mol. The van der Waals surface area contributed by atoms with Crippen LogP contribution in [0.25, 0.3) is 0 Å². The van der Waals surface area contributed by atoms with Gasteiger partial charge in [-0.15, -0.1) is 0 Å². The fourth-order valence-electron chi connectivity index (χ4n) is 3.91. The lowest BCUT2D eigenvalue weighted by Gasteiger charge is -2.35. The Bertz CT molecular complexity index is 895. The number of fused-ring (bicyclic) bond motifs is 1. The number of aromatic hydroxyl groups is 1. The summed E-state index contributed by atoms with van der Waals surface area (Å²) in [6, 6.07) is 11.5. The maximum atomic E-state index is 12.6. The second-order valence-electron chi connectivity index (χ2n) is 8.37. The quantitative estimate of drug-likeness (QED) is 0.617. The molecule has 1 aliphatic rings. The number of amides is 1. The lowest BCUT2D eigenvalue weighted by Crippen LogP contribution is -2.40. The van der Waals surface area contributed by atoms with E-state index in [9.17, 15) is 9.90 Å². The van der Waals surface area contributed by atoms with E-state index in [0.717, 1.165) is 42.6 Å². The van der Waals surface area contributed by atoms with Gasteiger partial charge >= 0.3 is 0 Å². The molecule has 0 atom stereocenters. The molecule has 2 N–H and O–H groups in total. The van der Waals surface area contributed by atoms with Gasteiger partial charge in [0.1, 0.15) is 0 Å². The first-order chi connectivity index (χ1) is 14.4. The van der Waals surface area contributed by atoms with Crippen LogP contribution in [-0.2, 0) is 24.2 Å². The Morgan fingerprint density at radius 2 is 2.00 bits per heavy atom. The summed E-state index contributed by atoms with van der Waals surface area (Å²) in [6.07, 6.45) is 1.82. The highest BCUT2D eigenvalue weighted by Gasteiger charge is 2.33. The molecule has 0 saturated carbocycles. The number of nitrogens with zero attached hydrogens (tertiary/aromatic N) is 1. The van der Waals surface area contributed by atoms with Crippen molar-refractivity contribution in [3.8, 4) is 11.5 Å². The zero-order chi connectivity index (χ0) is 21.7. The Kier molecular flexibility index (Phi) is 7.00. The van der Waals surface area contributed by atoms with Crippen LogP contribution in [0.4, 0.5) is 0 Å². The van der Waals surface area contributed by atoms with Gasteiger partial charge in [0.2, 0.25) is 0 Å².